The number of aryl methyl sites for hydroxylation is 2. The molecule has 20 heavy (non-hydrogen) atoms. The van der Waals surface area contributed by atoms with E-state index >= 15 is 0 Å². The molecule has 1 saturated heterocycles. The normalized spacial score (nSPS) is 28.4. The number of nitrogens with zero attached hydrogens (tertiary/aromatic N) is 1. The molecule has 3 rings (SSSR count). The van der Waals surface area contributed by atoms with Crippen LogP contribution in [0.25, 0.3) is 0 Å². The number of carbonyl (C=O) groups is 1. The minimum absolute atomic E-state index is 0. The highest BCUT2D eigenvalue weighted by Gasteiger charge is 2.43. The SMILES string of the molecule is CCc1oc(C(=O)N2CC3CCC(N)C3C2)cc1C.Cl. The Balaban J connectivity index is 0.00000147. The second-order valence-electron chi connectivity index (χ2n) is 5.95. The number of hydrogen-bond donors (Lipinski definition) is 1. The molecule has 1 aromatic rings. The molecular formula is C15H23ClN2O2. The van der Waals surface area contributed by atoms with Crippen molar-refractivity contribution in [1.82, 2.24) is 4.90 Å². The first kappa shape index (κ1) is 15.4. The Kier molecular flexibility index (Phi) is 4.45. The molecule has 3 atom stereocenters. The summed E-state index contributed by atoms with van der Waals surface area (Å²) in [4.78, 5) is 14.4. The topological polar surface area (TPSA) is 59.5 Å². The summed E-state index contributed by atoms with van der Waals surface area (Å²) in [5, 5.41) is 0. The summed E-state index contributed by atoms with van der Waals surface area (Å²) in [5.74, 6) is 2.53. The summed E-state index contributed by atoms with van der Waals surface area (Å²) in [5.41, 5.74) is 7.18. The second kappa shape index (κ2) is 5.78. The van der Waals surface area contributed by atoms with Crippen LogP contribution >= 0.6 is 12.4 Å². The highest BCUT2D eigenvalue weighted by atomic mass is 35.5. The second-order valence-corrected chi connectivity index (χ2v) is 5.95. The van der Waals surface area contributed by atoms with E-state index in [4.69, 9.17) is 10.2 Å². The van der Waals surface area contributed by atoms with Gasteiger partial charge in [-0.2, -0.15) is 0 Å². The Morgan fingerprint density at radius 2 is 2.20 bits per heavy atom. The van der Waals surface area contributed by atoms with Gasteiger partial charge in [-0.15, -0.1) is 12.4 Å². The lowest BCUT2D eigenvalue weighted by atomic mass is 9.98. The molecule has 5 heteroatoms. The maximum absolute atomic E-state index is 12.5. The quantitative estimate of drug-likeness (QED) is 0.912. The zero-order valence-electron chi connectivity index (χ0n) is 12.1. The van der Waals surface area contributed by atoms with Crippen molar-refractivity contribution in [2.45, 2.75) is 39.2 Å². The number of rotatable bonds is 2. The lowest BCUT2D eigenvalue weighted by molar-refractivity contribution is 0.0746. The van der Waals surface area contributed by atoms with Crippen LogP contribution in [0.15, 0.2) is 10.5 Å². The first-order valence-electron chi connectivity index (χ1n) is 7.24. The van der Waals surface area contributed by atoms with Crippen LogP contribution in [0.3, 0.4) is 0 Å². The predicted molar refractivity (Wildman–Crippen MR) is 80.2 cm³/mol. The average molecular weight is 299 g/mol. The van der Waals surface area contributed by atoms with E-state index in [0.717, 1.165) is 43.7 Å². The third kappa shape index (κ3) is 2.47. The van der Waals surface area contributed by atoms with Gasteiger partial charge < -0.3 is 15.1 Å². The van der Waals surface area contributed by atoms with E-state index in [0.29, 0.717) is 17.6 Å². The largest absolute Gasteiger partial charge is 0.456 e. The van der Waals surface area contributed by atoms with Crippen LogP contribution in [0.1, 0.15) is 41.6 Å². The van der Waals surface area contributed by atoms with Crippen molar-refractivity contribution in [3.63, 3.8) is 0 Å². The molecule has 0 bridgehead atoms. The molecule has 2 fully saturated rings. The average Bonchev–Trinajstić information content (AvgIpc) is 3.05. The molecule has 3 unspecified atom stereocenters. The first-order chi connectivity index (χ1) is 9.10. The van der Waals surface area contributed by atoms with E-state index in [-0.39, 0.29) is 24.4 Å². The van der Waals surface area contributed by atoms with Gasteiger partial charge in [-0.25, -0.2) is 0 Å². The van der Waals surface area contributed by atoms with Crippen LogP contribution < -0.4 is 5.73 Å². The summed E-state index contributed by atoms with van der Waals surface area (Å²) in [6, 6.07) is 2.14. The van der Waals surface area contributed by atoms with Gasteiger partial charge >= 0.3 is 0 Å². The number of nitrogens with two attached hydrogens (primary N) is 1. The third-order valence-electron chi connectivity index (χ3n) is 4.75. The number of halogens is 1. The molecule has 1 aliphatic heterocycles. The Bertz CT molecular complexity index is 500. The van der Waals surface area contributed by atoms with Crippen molar-refractivity contribution in [3.8, 4) is 0 Å². The van der Waals surface area contributed by atoms with Crippen LogP contribution in [0.4, 0.5) is 0 Å². The number of fused-ring (bicyclic) bond motifs is 1. The minimum atomic E-state index is 0. The Hall–Kier alpha value is -1.00. The molecule has 2 heterocycles. The number of furan rings is 1. The fraction of sp³-hybridized carbons (Fsp3) is 0.667. The molecule has 2 N–H and O–H groups in total. The van der Waals surface area contributed by atoms with Gasteiger partial charge in [0.2, 0.25) is 0 Å². The van der Waals surface area contributed by atoms with Gasteiger partial charge in [0.25, 0.3) is 5.91 Å². The standard InChI is InChI=1S/C15H22N2O2.ClH/c1-3-13-9(2)6-14(19-13)15(18)17-7-10-4-5-12(16)11(10)8-17;/h6,10-12H,3-5,7-8,16H2,1-2H3;1H. The Morgan fingerprint density at radius 1 is 1.45 bits per heavy atom. The molecule has 4 nitrogen and oxygen atoms in total. The zero-order valence-corrected chi connectivity index (χ0v) is 12.9. The Labute approximate surface area is 126 Å². The third-order valence-corrected chi connectivity index (χ3v) is 4.75. The highest BCUT2D eigenvalue weighted by Crippen LogP contribution is 2.37. The van der Waals surface area contributed by atoms with Gasteiger partial charge in [0, 0.05) is 25.6 Å². The molecule has 1 aromatic heterocycles. The predicted octanol–water partition coefficient (Wildman–Crippen LogP) is 2.38. The summed E-state index contributed by atoms with van der Waals surface area (Å²) < 4.78 is 5.66. The number of carbonyl (C=O) groups excluding carboxylic acids is 1. The molecule has 2 aliphatic rings. The number of amides is 1. The number of likely N-dealkylation sites (tertiary alicyclic amines) is 1. The van der Waals surface area contributed by atoms with Crippen molar-refractivity contribution in [2.24, 2.45) is 17.6 Å². The van der Waals surface area contributed by atoms with E-state index < -0.39 is 0 Å². The molecule has 0 spiro atoms. The summed E-state index contributed by atoms with van der Waals surface area (Å²) in [6.45, 7) is 5.68. The monoisotopic (exact) mass is 298 g/mol. The van der Waals surface area contributed by atoms with E-state index in [1.807, 2.05) is 24.8 Å². The fourth-order valence-electron chi connectivity index (χ4n) is 3.61. The first-order valence-corrected chi connectivity index (χ1v) is 7.24. The van der Waals surface area contributed by atoms with Gasteiger partial charge in [-0.05, 0) is 43.2 Å². The van der Waals surface area contributed by atoms with E-state index in [1.54, 1.807) is 0 Å². The van der Waals surface area contributed by atoms with E-state index in [2.05, 4.69) is 0 Å². The van der Waals surface area contributed by atoms with Crippen molar-refractivity contribution in [1.29, 1.82) is 0 Å². The molecule has 1 amide bonds. The van der Waals surface area contributed by atoms with E-state index in [1.165, 1.54) is 0 Å². The van der Waals surface area contributed by atoms with Crippen molar-refractivity contribution in [3.05, 3.63) is 23.2 Å². The Morgan fingerprint density at radius 3 is 2.80 bits per heavy atom. The lowest BCUT2D eigenvalue weighted by Crippen LogP contribution is -2.33. The van der Waals surface area contributed by atoms with Crippen molar-refractivity contribution < 1.29 is 9.21 Å². The van der Waals surface area contributed by atoms with Crippen LogP contribution in [-0.4, -0.2) is 29.9 Å². The summed E-state index contributed by atoms with van der Waals surface area (Å²) in [6.07, 6.45) is 3.10. The molecule has 1 saturated carbocycles. The molecule has 112 valence electrons. The maximum atomic E-state index is 12.5. The smallest absolute Gasteiger partial charge is 0.289 e. The van der Waals surface area contributed by atoms with Crippen LogP contribution in [-0.2, 0) is 6.42 Å². The molecular weight excluding hydrogens is 276 g/mol. The highest BCUT2D eigenvalue weighted by molar-refractivity contribution is 5.92. The van der Waals surface area contributed by atoms with Gasteiger partial charge in [0.05, 0.1) is 0 Å². The molecule has 1 aliphatic carbocycles. The number of hydrogen-bond acceptors (Lipinski definition) is 3. The van der Waals surface area contributed by atoms with Crippen molar-refractivity contribution >= 4 is 18.3 Å². The van der Waals surface area contributed by atoms with Crippen LogP contribution in [0.5, 0.6) is 0 Å². The summed E-state index contributed by atoms with van der Waals surface area (Å²) in [7, 11) is 0. The van der Waals surface area contributed by atoms with Crippen LogP contribution in [0, 0.1) is 18.8 Å². The van der Waals surface area contributed by atoms with Gasteiger partial charge in [-0.3, -0.25) is 4.79 Å². The molecule has 0 aromatic carbocycles. The minimum Gasteiger partial charge on any atom is -0.456 e. The van der Waals surface area contributed by atoms with Gasteiger partial charge in [0.1, 0.15) is 5.76 Å². The van der Waals surface area contributed by atoms with Crippen molar-refractivity contribution in [2.75, 3.05) is 13.1 Å². The van der Waals surface area contributed by atoms with Crippen LogP contribution in [0.2, 0.25) is 0 Å². The molecule has 0 radical (unpaired) electrons. The lowest BCUT2D eigenvalue weighted by Gasteiger charge is -2.17. The van der Waals surface area contributed by atoms with Gasteiger partial charge in [0.15, 0.2) is 5.76 Å². The fourth-order valence-corrected chi connectivity index (χ4v) is 3.61. The maximum Gasteiger partial charge on any atom is 0.289 e. The van der Waals surface area contributed by atoms with E-state index in [9.17, 15) is 4.79 Å². The van der Waals surface area contributed by atoms with Gasteiger partial charge in [-0.1, -0.05) is 6.92 Å². The summed E-state index contributed by atoms with van der Waals surface area (Å²) >= 11 is 0. The zero-order chi connectivity index (χ0) is 13.6.